The van der Waals surface area contributed by atoms with E-state index < -0.39 is 12.1 Å². The summed E-state index contributed by atoms with van der Waals surface area (Å²) in [5.74, 6) is 0.0892. The predicted molar refractivity (Wildman–Crippen MR) is 65.4 cm³/mol. The van der Waals surface area contributed by atoms with Crippen LogP contribution in [0.5, 0.6) is 0 Å². The number of rotatable bonds is 3. The number of amides is 1. The number of carbonyl (C=O) groups excluding carboxylic acids is 1. The molecule has 98 valence electrons. The van der Waals surface area contributed by atoms with Crippen LogP contribution in [0.2, 0.25) is 0 Å². The van der Waals surface area contributed by atoms with Crippen LogP contribution >= 0.6 is 0 Å². The van der Waals surface area contributed by atoms with Crippen LogP contribution in [0.25, 0.3) is 0 Å². The van der Waals surface area contributed by atoms with E-state index in [1.54, 1.807) is 4.90 Å². The van der Waals surface area contributed by atoms with E-state index in [0.29, 0.717) is 0 Å². The van der Waals surface area contributed by atoms with Gasteiger partial charge in [-0.2, -0.15) is 0 Å². The lowest BCUT2D eigenvalue weighted by Crippen LogP contribution is -2.53. The molecule has 0 aromatic heterocycles. The third kappa shape index (κ3) is 2.97. The molecule has 17 heavy (non-hydrogen) atoms. The molecule has 5 heteroatoms. The Morgan fingerprint density at radius 2 is 1.88 bits per heavy atom. The molecule has 0 spiro atoms. The zero-order chi connectivity index (χ0) is 12.3. The SMILES string of the molecule is N[C@@H](C(=O)N1CCCC1)[C@@H](O)C1CCNCC1. The number of piperidine rings is 1. The van der Waals surface area contributed by atoms with Crippen molar-refractivity contribution < 1.29 is 9.90 Å². The summed E-state index contributed by atoms with van der Waals surface area (Å²) in [6.45, 7) is 3.41. The lowest BCUT2D eigenvalue weighted by molar-refractivity contribution is -0.135. The normalized spacial score (nSPS) is 25.9. The molecule has 0 radical (unpaired) electrons. The number of hydrogen-bond acceptors (Lipinski definition) is 4. The van der Waals surface area contributed by atoms with E-state index in [-0.39, 0.29) is 11.8 Å². The van der Waals surface area contributed by atoms with E-state index in [4.69, 9.17) is 5.73 Å². The zero-order valence-corrected chi connectivity index (χ0v) is 10.3. The van der Waals surface area contributed by atoms with Crippen LogP contribution in [0.3, 0.4) is 0 Å². The number of nitrogens with one attached hydrogen (secondary N) is 1. The van der Waals surface area contributed by atoms with E-state index in [0.717, 1.165) is 51.9 Å². The summed E-state index contributed by atoms with van der Waals surface area (Å²) in [6, 6.07) is -0.740. The first kappa shape index (κ1) is 12.8. The van der Waals surface area contributed by atoms with Crippen LogP contribution in [-0.2, 0) is 4.79 Å². The summed E-state index contributed by atoms with van der Waals surface area (Å²) >= 11 is 0. The van der Waals surface area contributed by atoms with Crippen molar-refractivity contribution in [3.8, 4) is 0 Å². The van der Waals surface area contributed by atoms with Crippen molar-refractivity contribution in [3.63, 3.8) is 0 Å². The summed E-state index contributed by atoms with van der Waals surface area (Å²) in [7, 11) is 0. The molecule has 2 aliphatic rings. The lowest BCUT2D eigenvalue weighted by atomic mass is 9.88. The maximum absolute atomic E-state index is 12.1. The molecule has 2 heterocycles. The molecule has 1 amide bonds. The molecule has 2 fully saturated rings. The molecule has 2 aliphatic heterocycles. The van der Waals surface area contributed by atoms with Gasteiger partial charge in [-0.05, 0) is 44.7 Å². The van der Waals surface area contributed by atoms with Gasteiger partial charge in [0.1, 0.15) is 6.04 Å². The minimum absolute atomic E-state index is 0.0754. The fourth-order valence-electron chi connectivity index (χ4n) is 2.77. The van der Waals surface area contributed by atoms with Crippen molar-refractivity contribution in [2.45, 2.75) is 37.8 Å². The Kier molecular flexibility index (Phi) is 4.36. The van der Waals surface area contributed by atoms with Crippen LogP contribution in [0.4, 0.5) is 0 Å². The summed E-state index contributed by atoms with van der Waals surface area (Å²) < 4.78 is 0. The second-order valence-corrected chi connectivity index (χ2v) is 5.14. The second-order valence-electron chi connectivity index (χ2n) is 5.14. The number of aliphatic hydroxyl groups excluding tert-OH is 1. The molecule has 2 saturated heterocycles. The average molecular weight is 241 g/mol. The number of nitrogens with two attached hydrogens (primary N) is 1. The third-order valence-electron chi connectivity index (χ3n) is 3.94. The van der Waals surface area contributed by atoms with E-state index in [2.05, 4.69) is 5.32 Å². The van der Waals surface area contributed by atoms with Crippen LogP contribution in [0.1, 0.15) is 25.7 Å². The van der Waals surface area contributed by atoms with Crippen molar-refractivity contribution in [2.24, 2.45) is 11.7 Å². The Morgan fingerprint density at radius 3 is 2.47 bits per heavy atom. The largest absolute Gasteiger partial charge is 0.391 e. The molecule has 0 unspecified atom stereocenters. The maximum atomic E-state index is 12.1. The van der Waals surface area contributed by atoms with Gasteiger partial charge in [0.25, 0.3) is 0 Å². The summed E-state index contributed by atoms with van der Waals surface area (Å²) in [4.78, 5) is 13.8. The van der Waals surface area contributed by atoms with Gasteiger partial charge in [0.15, 0.2) is 0 Å². The quantitative estimate of drug-likeness (QED) is 0.610. The highest BCUT2D eigenvalue weighted by molar-refractivity contribution is 5.82. The van der Waals surface area contributed by atoms with Crippen molar-refractivity contribution in [1.29, 1.82) is 0 Å². The first-order valence-electron chi connectivity index (χ1n) is 6.63. The Bertz CT molecular complexity index is 260. The van der Waals surface area contributed by atoms with Crippen LogP contribution in [-0.4, -0.2) is 54.2 Å². The molecule has 0 aromatic carbocycles. The second kappa shape index (κ2) is 5.80. The standard InChI is InChI=1S/C12H23N3O2/c13-10(12(17)15-7-1-2-8-15)11(16)9-3-5-14-6-4-9/h9-11,14,16H,1-8,13H2/t10-,11+/m1/s1. The topological polar surface area (TPSA) is 78.6 Å². The van der Waals surface area contributed by atoms with E-state index in [1.165, 1.54) is 0 Å². The zero-order valence-electron chi connectivity index (χ0n) is 10.3. The summed E-state index contributed by atoms with van der Waals surface area (Å²) in [5, 5.41) is 13.4. The minimum Gasteiger partial charge on any atom is -0.391 e. The summed E-state index contributed by atoms with van der Waals surface area (Å²) in [5.41, 5.74) is 5.91. The predicted octanol–water partition coefficient (Wildman–Crippen LogP) is -0.703. The minimum atomic E-state index is -0.740. The molecular weight excluding hydrogens is 218 g/mol. The molecular formula is C12H23N3O2. The first-order valence-corrected chi connectivity index (χ1v) is 6.63. The fourth-order valence-corrected chi connectivity index (χ4v) is 2.77. The lowest BCUT2D eigenvalue weighted by Gasteiger charge is -2.31. The van der Waals surface area contributed by atoms with Gasteiger partial charge in [-0.3, -0.25) is 4.79 Å². The molecule has 0 aromatic rings. The number of nitrogens with zero attached hydrogens (tertiary/aromatic N) is 1. The average Bonchev–Trinajstić information content (AvgIpc) is 2.91. The molecule has 0 aliphatic carbocycles. The van der Waals surface area contributed by atoms with Gasteiger partial charge in [-0.1, -0.05) is 0 Å². The van der Waals surface area contributed by atoms with Gasteiger partial charge in [-0.25, -0.2) is 0 Å². The fraction of sp³-hybridized carbons (Fsp3) is 0.917. The Balaban J connectivity index is 1.88. The smallest absolute Gasteiger partial charge is 0.242 e. The van der Waals surface area contributed by atoms with Crippen molar-refractivity contribution in [2.75, 3.05) is 26.2 Å². The van der Waals surface area contributed by atoms with E-state index in [9.17, 15) is 9.90 Å². The highest BCUT2D eigenvalue weighted by Gasteiger charge is 2.33. The molecule has 0 saturated carbocycles. The Labute approximate surface area is 102 Å². The Hall–Kier alpha value is -0.650. The van der Waals surface area contributed by atoms with Crippen molar-refractivity contribution in [1.82, 2.24) is 10.2 Å². The molecule has 2 atom stereocenters. The maximum Gasteiger partial charge on any atom is 0.242 e. The molecule has 0 bridgehead atoms. The van der Waals surface area contributed by atoms with E-state index >= 15 is 0 Å². The molecule has 2 rings (SSSR count). The number of aliphatic hydroxyl groups is 1. The van der Waals surface area contributed by atoms with E-state index in [1.807, 2.05) is 0 Å². The van der Waals surface area contributed by atoms with Gasteiger partial charge in [-0.15, -0.1) is 0 Å². The Morgan fingerprint density at radius 1 is 1.29 bits per heavy atom. The van der Waals surface area contributed by atoms with Gasteiger partial charge in [0.2, 0.25) is 5.91 Å². The van der Waals surface area contributed by atoms with Gasteiger partial charge < -0.3 is 21.1 Å². The van der Waals surface area contributed by atoms with Crippen LogP contribution in [0.15, 0.2) is 0 Å². The van der Waals surface area contributed by atoms with Gasteiger partial charge in [0.05, 0.1) is 6.10 Å². The number of carbonyl (C=O) groups is 1. The van der Waals surface area contributed by atoms with Gasteiger partial charge in [0, 0.05) is 13.1 Å². The third-order valence-corrected chi connectivity index (χ3v) is 3.94. The molecule has 4 N–H and O–H groups in total. The highest BCUT2D eigenvalue weighted by Crippen LogP contribution is 2.20. The van der Waals surface area contributed by atoms with Crippen molar-refractivity contribution >= 4 is 5.91 Å². The van der Waals surface area contributed by atoms with Crippen LogP contribution < -0.4 is 11.1 Å². The monoisotopic (exact) mass is 241 g/mol. The molecule has 5 nitrogen and oxygen atoms in total. The first-order chi connectivity index (χ1) is 8.20. The van der Waals surface area contributed by atoms with Gasteiger partial charge >= 0.3 is 0 Å². The number of likely N-dealkylation sites (tertiary alicyclic amines) is 1. The highest BCUT2D eigenvalue weighted by atomic mass is 16.3. The number of hydrogen-bond donors (Lipinski definition) is 3. The summed E-state index contributed by atoms with van der Waals surface area (Å²) in [6.07, 6.45) is 3.24. The van der Waals surface area contributed by atoms with Crippen molar-refractivity contribution in [3.05, 3.63) is 0 Å². The van der Waals surface area contributed by atoms with Crippen LogP contribution in [0, 0.1) is 5.92 Å².